The van der Waals surface area contributed by atoms with Crippen LogP contribution < -0.4 is 0 Å². The summed E-state index contributed by atoms with van der Waals surface area (Å²) in [5.74, 6) is 0. The van der Waals surface area contributed by atoms with Crippen LogP contribution in [0.5, 0.6) is 0 Å². The van der Waals surface area contributed by atoms with Gasteiger partial charge in [0.25, 0.3) is 0 Å². The van der Waals surface area contributed by atoms with Crippen LogP contribution in [-0.2, 0) is 0 Å². The third-order valence-corrected chi connectivity index (χ3v) is 3.06. The number of aromatic amines is 1. The molecule has 0 radical (unpaired) electrons. The van der Waals surface area contributed by atoms with Gasteiger partial charge in [-0.15, -0.1) is 0 Å². The Labute approximate surface area is 74.5 Å². The molecule has 1 heterocycles. The fourth-order valence-electron chi connectivity index (χ4n) is 0.464. The molecule has 0 atom stereocenters. The molecule has 0 saturated carbocycles. The zero-order chi connectivity index (χ0) is 6.85. The first-order valence-electron chi connectivity index (χ1n) is 2.18. The maximum Gasteiger partial charge on any atom is 0.119 e. The first-order chi connectivity index (χ1) is 4.24. The van der Waals surface area contributed by atoms with Gasteiger partial charge in [-0.3, -0.25) is 0 Å². The number of hydrogen-bond acceptors (Lipinski definition) is 1. The van der Waals surface area contributed by atoms with E-state index in [-0.39, 0.29) is 0 Å². The molecule has 0 bridgehead atoms. The lowest BCUT2D eigenvalue weighted by Gasteiger charge is -1.77. The van der Waals surface area contributed by atoms with E-state index >= 15 is 0 Å². The SMILES string of the molecule is N#Cc1cc(Br)c(I)[nH]1. The molecule has 1 rings (SSSR count). The van der Waals surface area contributed by atoms with Gasteiger partial charge in [-0.2, -0.15) is 5.26 Å². The molecule has 0 saturated heterocycles. The van der Waals surface area contributed by atoms with E-state index in [1.165, 1.54) is 0 Å². The molecule has 0 unspecified atom stereocenters. The molecule has 1 aromatic heterocycles. The van der Waals surface area contributed by atoms with Crippen molar-refractivity contribution in [3.8, 4) is 6.07 Å². The van der Waals surface area contributed by atoms with Crippen molar-refractivity contribution in [1.82, 2.24) is 4.98 Å². The Morgan fingerprint density at radius 3 is 2.67 bits per heavy atom. The van der Waals surface area contributed by atoms with Crippen LogP contribution in [0.4, 0.5) is 0 Å². The van der Waals surface area contributed by atoms with E-state index in [2.05, 4.69) is 43.5 Å². The van der Waals surface area contributed by atoms with Gasteiger partial charge in [-0.25, -0.2) is 0 Å². The first-order valence-corrected chi connectivity index (χ1v) is 4.05. The standard InChI is InChI=1S/C5H2BrIN2/c6-4-1-3(2-8)9-5(4)7/h1,9H. The van der Waals surface area contributed by atoms with Gasteiger partial charge >= 0.3 is 0 Å². The van der Waals surface area contributed by atoms with E-state index in [0.29, 0.717) is 5.69 Å². The molecule has 4 heteroatoms. The van der Waals surface area contributed by atoms with Crippen LogP contribution in [0.2, 0.25) is 0 Å². The molecule has 0 fully saturated rings. The molecule has 9 heavy (non-hydrogen) atoms. The topological polar surface area (TPSA) is 39.6 Å². The Morgan fingerprint density at radius 2 is 2.44 bits per heavy atom. The predicted molar refractivity (Wildman–Crippen MR) is 45.9 cm³/mol. The summed E-state index contributed by atoms with van der Waals surface area (Å²) in [5, 5.41) is 8.37. The van der Waals surface area contributed by atoms with Crippen LogP contribution in [0.3, 0.4) is 0 Å². The molecule has 0 amide bonds. The lowest BCUT2D eigenvalue weighted by Crippen LogP contribution is -1.70. The second kappa shape index (κ2) is 2.71. The van der Waals surface area contributed by atoms with E-state index in [1.807, 2.05) is 6.07 Å². The zero-order valence-corrected chi connectivity index (χ0v) is 8.02. The summed E-state index contributed by atoms with van der Waals surface area (Å²) < 4.78 is 1.91. The quantitative estimate of drug-likeness (QED) is 0.733. The predicted octanol–water partition coefficient (Wildman–Crippen LogP) is 2.25. The van der Waals surface area contributed by atoms with Crippen molar-refractivity contribution in [2.75, 3.05) is 0 Å². The molecular formula is C5H2BrIN2. The molecule has 0 spiro atoms. The van der Waals surface area contributed by atoms with E-state index in [0.717, 1.165) is 8.17 Å². The van der Waals surface area contributed by atoms with Crippen LogP contribution in [0.1, 0.15) is 5.69 Å². The number of rotatable bonds is 0. The normalized spacial score (nSPS) is 9.00. The van der Waals surface area contributed by atoms with E-state index < -0.39 is 0 Å². The summed E-state index contributed by atoms with van der Waals surface area (Å²) in [7, 11) is 0. The Morgan fingerprint density at radius 1 is 1.78 bits per heavy atom. The van der Waals surface area contributed by atoms with E-state index in [9.17, 15) is 0 Å². The summed E-state index contributed by atoms with van der Waals surface area (Å²) in [4.78, 5) is 2.87. The van der Waals surface area contributed by atoms with Gasteiger partial charge in [0, 0.05) is 0 Å². The Kier molecular flexibility index (Phi) is 2.13. The van der Waals surface area contributed by atoms with Gasteiger partial charge in [0.05, 0.1) is 8.17 Å². The van der Waals surface area contributed by atoms with Crippen molar-refractivity contribution < 1.29 is 0 Å². The number of nitriles is 1. The molecule has 46 valence electrons. The molecule has 0 aliphatic carbocycles. The molecule has 1 N–H and O–H groups in total. The summed E-state index contributed by atoms with van der Waals surface area (Å²) in [5.41, 5.74) is 0.589. The van der Waals surface area contributed by atoms with Gasteiger partial charge in [0.15, 0.2) is 0 Å². The summed E-state index contributed by atoms with van der Waals surface area (Å²) >= 11 is 5.38. The lowest BCUT2D eigenvalue weighted by molar-refractivity contribution is 1.29. The van der Waals surface area contributed by atoms with Crippen LogP contribution in [0, 0.1) is 15.0 Å². The van der Waals surface area contributed by atoms with Crippen molar-refractivity contribution in [3.05, 3.63) is 19.9 Å². The molecule has 0 aliphatic rings. The van der Waals surface area contributed by atoms with Gasteiger partial charge in [-0.05, 0) is 44.6 Å². The molecule has 2 nitrogen and oxygen atoms in total. The van der Waals surface area contributed by atoms with Crippen LogP contribution >= 0.6 is 38.5 Å². The average Bonchev–Trinajstić information content (AvgIpc) is 2.13. The zero-order valence-electron chi connectivity index (χ0n) is 4.28. The van der Waals surface area contributed by atoms with Crippen molar-refractivity contribution in [3.63, 3.8) is 0 Å². The summed E-state index contributed by atoms with van der Waals surface area (Å²) in [6.07, 6.45) is 0. The van der Waals surface area contributed by atoms with Crippen molar-refractivity contribution in [2.45, 2.75) is 0 Å². The highest BCUT2D eigenvalue weighted by atomic mass is 127. The number of nitrogens with one attached hydrogen (secondary N) is 1. The third-order valence-electron chi connectivity index (χ3n) is 0.846. The Balaban J connectivity index is 3.16. The minimum Gasteiger partial charge on any atom is -0.341 e. The monoisotopic (exact) mass is 296 g/mol. The van der Waals surface area contributed by atoms with Crippen LogP contribution in [-0.4, -0.2) is 4.98 Å². The van der Waals surface area contributed by atoms with Gasteiger partial charge in [0.2, 0.25) is 0 Å². The van der Waals surface area contributed by atoms with Crippen LogP contribution in [0.25, 0.3) is 0 Å². The van der Waals surface area contributed by atoms with Gasteiger partial charge in [0.1, 0.15) is 11.8 Å². The minimum atomic E-state index is 0.589. The fraction of sp³-hybridized carbons (Fsp3) is 0. The maximum absolute atomic E-state index is 8.37. The van der Waals surface area contributed by atoms with Gasteiger partial charge in [-0.1, -0.05) is 0 Å². The molecular weight excluding hydrogens is 295 g/mol. The average molecular weight is 297 g/mol. The first kappa shape index (κ1) is 7.09. The van der Waals surface area contributed by atoms with Crippen LogP contribution in [0.15, 0.2) is 10.5 Å². The smallest absolute Gasteiger partial charge is 0.119 e. The lowest BCUT2D eigenvalue weighted by atomic mass is 10.5. The van der Waals surface area contributed by atoms with E-state index in [1.54, 1.807) is 6.07 Å². The van der Waals surface area contributed by atoms with Gasteiger partial charge < -0.3 is 4.98 Å². The second-order valence-corrected chi connectivity index (χ2v) is 3.39. The molecule has 1 aromatic rings. The number of H-pyrrole nitrogens is 1. The van der Waals surface area contributed by atoms with Crippen molar-refractivity contribution in [1.29, 1.82) is 5.26 Å². The number of aromatic nitrogens is 1. The van der Waals surface area contributed by atoms with E-state index in [4.69, 9.17) is 5.26 Å². The number of halogens is 2. The largest absolute Gasteiger partial charge is 0.341 e. The number of nitrogens with zero attached hydrogens (tertiary/aromatic N) is 1. The summed E-state index contributed by atoms with van der Waals surface area (Å²) in [6, 6.07) is 3.75. The highest BCUT2D eigenvalue weighted by Gasteiger charge is 1.99. The molecule has 0 aliphatic heterocycles. The van der Waals surface area contributed by atoms with Crippen molar-refractivity contribution >= 4 is 38.5 Å². The Bertz CT molecular complexity index is 241. The number of hydrogen-bond donors (Lipinski definition) is 1. The highest BCUT2D eigenvalue weighted by molar-refractivity contribution is 14.1. The summed E-state index contributed by atoms with van der Waals surface area (Å²) in [6.45, 7) is 0. The molecule has 0 aromatic carbocycles. The highest BCUT2D eigenvalue weighted by Crippen LogP contribution is 2.18. The van der Waals surface area contributed by atoms with Crippen molar-refractivity contribution in [2.24, 2.45) is 0 Å². The fourth-order valence-corrected chi connectivity index (χ4v) is 1.24. The minimum absolute atomic E-state index is 0.589. The third kappa shape index (κ3) is 1.46. The Hall–Kier alpha value is -0.0200. The maximum atomic E-state index is 8.37. The second-order valence-electron chi connectivity index (χ2n) is 1.46.